The Hall–Kier alpha value is -1.35. The quantitative estimate of drug-likeness (QED) is 0.636. The van der Waals surface area contributed by atoms with Gasteiger partial charge in [-0.25, -0.2) is 0 Å². The second-order valence-corrected chi connectivity index (χ2v) is 6.21. The lowest BCUT2D eigenvalue weighted by Crippen LogP contribution is -2.40. The molecule has 1 fully saturated rings. The van der Waals surface area contributed by atoms with Crippen LogP contribution in [-0.4, -0.2) is 11.2 Å². The Labute approximate surface area is 120 Å². The Bertz CT molecular complexity index is 536. The van der Waals surface area contributed by atoms with Crippen molar-refractivity contribution in [3.8, 4) is 0 Å². The molecular weight excluding hydrogens is 252 g/mol. The lowest BCUT2D eigenvalue weighted by atomic mass is 10.0. The van der Waals surface area contributed by atoms with E-state index in [-0.39, 0.29) is 0 Å². The Morgan fingerprint density at radius 1 is 1.21 bits per heavy atom. The van der Waals surface area contributed by atoms with Crippen molar-refractivity contribution >= 4 is 23.0 Å². The fourth-order valence-electron chi connectivity index (χ4n) is 3.23. The number of rotatable bonds is 2. The lowest BCUT2D eigenvalue weighted by molar-refractivity contribution is 0.526. The minimum absolute atomic E-state index is 0.515. The fourth-order valence-corrected chi connectivity index (χ4v) is 3.49. The Kier molecular flexibility index (Phi) is 3.31. The van der Waals surface area contributed by atoms with Crippen molar-refractivity contribution in [2.75, 3.05) is 5.32 Å². The molecule has 3 atom stereocenters. The average Bonchev–Trinajstić information content (AvgIpc) is 2.95. The van der Waals surface area contributed by atoms with Crippen molar-refractivity contribution in [2.45, 2.75) is 32.7 Å². The number of anilines is 1. The molecule has 2 aliphatic rings. The monoisotopic (exact) mass is 272 g/mol. The van der Waals surface area contributed by atoms with Crippen LogP contribution in [-0.2, 0) is 0 Å². The third-order valence-electron chi connectivity index (χ3n) is 4.23. The number of aryl methyl sites for hydroxylation is 2. The molecule has 100 valence electrons. The first-order valence-electron chi connectivity index (χ1n) is 6.95. The van der Waals surface area contributed by atoms with E-state index in [1.807, 2.05) is 0 Å². The largest absolute Gasteiger partial charge is 0.359 e. The number of fused-ring (bicyclic) bond motifs is 2. The molecule has 1 saturated carbocycles. The molecule has 1 aromatic rings. The minimum atomic E-state index is 0.515. The van der Waals surface area contributed by atoms with Crippen LogP contribution in [0.3, 0.4) is 0 Å². The predicted molar refractivity (Wildman–Crippen MR) is 84.4 cm³/mol. The summed E-state index contributed by atoms with van der Waals surface area (Å²) in [7, 11) is 0. The molecule has 0 spiro atoms. The molecule has 0 amide bonds. The lowest BCUT2D eigenvalue weighted by Gasteiger charge is -2.22. The van der Waals surface area contributed by atoms with Gasteiger partial charge in [0.2, 0.25) is 0 Å². The SMILES string of the molecule is Cc1ccc(NC(=S)N[C@@H]2C[C@@H]3C=C[C@@H]2C3)c(C)c1. The smallest absolute Gasteiger partial charge is 0.171 e. The summed E-state index contributed by atoms with van der Waals surface area (Å²) in [5, 5.41) is 7.54. The van der Waals surface area contributed by atoms with Gasteiger partial charge in [-0.1, -0.05) is 29.8 Å². The summed E-state index contributed by atoms with van der Waals surface area (Å²) in [5.74, 6) is 1.44. The fraction of sp³-hybridized carbons (Fsp3) is 0.438. The second-order valence-electron chi connectivity index (χ2n) is 5.80. The van der Waals surface area contributed by atoms with Crippen molar-refractivity contribution in [1.82, 2.24) is 5.32 Å². The van der Waals surface area contributed by atoms with Crippen LogP contribution in [0.25, 0.3) is 0 Å². The van der Waals surface area contributed by atoms with Gasteiger partial charge in [0.05, 0.1) is 0 Å². The summed E-state index contributed by atoms with van der Waals surface area (Å²) in [6.45, 7) is 4.22. The molecule has 0 radical (unpaired) electrons. The second kappa shape index (κ2) is 4.97. The van der Waals surface area contributed by atoms with Gasteiger partial charge >= 0.3 is 0 Å². The molecule has 0 unspecified atom stereocenters. The highest BCUT2D eigenvalue weighted by molar-refractivity contribution is 7.80. The van der Waals surface area contributed by atoms with Crippen LogP contribution < -0.4 is 10.6 Å². The number of thiocarbonyl (C=S) groups is 1. The number of nitrogens with one attached hydrogen (secondary N) is 2. The van der Waals surface area contributed by atoms with E-state index in [0.29, 0.717) is 12.0 Å². The van der Waals surface area contributed by atoms with Gasteiger partial charge in [0.15, 0.2) is 5.11 Å². The van der Waals surface area contributed by atoms with E-state index in [2.05, 4.69) is 54.8 Å². The number of hydrogen-bond donors (Lipinski definition) is 2. The molecule has 3 heteroatoms. The number of benzene rings is 1. The summed E-state index contributed by atoms with van der Waals surface area (Å²) in [6.07, 6.45) is 7.20. The summed E-state index contributed by atoms with van der Waals surface area (Å²) in [5.41, 5.74) is 3.61. The zero-order valence-corrected chi connectivity index (χ0v) is 12.3. The average molecular weight is 272 g/mol. The Balaban J connectivity index is 1.61. The van der Waals surface area contributed by atoms with E-state index in [9.17, 15) is 0 Å². The molecule has 19 heavy (non-hydrogen) atoms. The third-order valence-corrected chi connectivity index (χ3v) is 4.45. The normalized spacial score (nSPS) is 27.6. The van der Waals surface area contributed by atoms with Gasteiger partial charge in [0.25, 0.3) is 0 Å². The van der Waals surface area contributed by atoms with Gasteiger partial charge in [0, 0.05) is 11.7 Å². The van der Waals surface area contributed by atoms with Crippen molar-refractivity contribution in [2.24, 2.45) is 11.8 Å². The van der Waals surface area contributed by atoms with Crippen LogP contribution >= 0.6 is 12.2 Å². The predicted octanol–water partition coefficient (Wildman–Crippen LogP) is 3.55. The highest BCUT2D eigenvalue weighted by Gasteiger charge is 2.35. The van der Waals surface area contributed by atoms with Crippen molar-refractivity contribution < 1.29 is 0 Å². The minimum Gasteiger partial charge on any atom is -0.359 e. The number of hydrogen-bond acceptors (Lipinski definition) is 1. The first-order valence-corrected chi connectivity index (χ1v) is 7.36. The summed E-state index contributed by atoms with van der Waals surface area (Å²) in [6, 6.07) is 6.89. The van der Waals surface area contributed by atoms with E-state index in [0.717, 1.165) is 16.7 Å². The Morgan fingerprint density at radius 3 is 2.68 bits per heavy atom. The van der Waals surface area contributed by atoms with Gasteiger partial charge < -0.3 is 10.6 Å². The zero-order valence-electron chi connectivity index (χ0n) is 11.4. The summed E-state index contributed by atoms with van der Waals surface area (Å²) >= 11 is 5.43. The molecule has 0 saturated heterocycles. The van der Waals surface area contributed by atoms with E-state index >= 15 is 0 Å². The maximum absolute atomic E-state index is 5.43. The molecular formula is C16H20N2S. The van der Waals surface area contributed by atoms with Crippen LogP contribution in [0.4, 0.5) is 5.69 Å². The topological polar surface area (TPSA) is 24.1 Å². The maximum Gasteiger partial charge on any atom is 0.171 e. The van der Waals surface area contributed by atoms with E-state index < -0.39 is 0 Å². The molecule has 0 aliphatic heterocycles. The van der Waals surface area contributed by atoms with Gasteiger partial charge in [-0.05, 0) is 62.4 Å². The number of allylic oxidation sites excluding steroid dienone is 1. The van der Waals surface area contributed by atoms with Gasteiger partial charge in [-0.2, -0.15) is 0 Å². The van der Waals surface area contributed by atoms with Crippen molar-refractivity contribution in [1.29, 1.82) is 0 Å². The Morgan fingerprint density at radius 2 is 2.05 bits per heavy atom. The highest BCUT2D eigenvalue weighted by Crippen LogP contribution is 2.38. The van der Waals surface area contributed by atoms with Crippen LogP contribution in [0.2, 0.25) is 0 Å². The van der Waals surface area contributed by atoms with Crippen molar-refractivity contribution in [3.05, 3.63) is 41.5 Å². The van der Waals surface area contributed by atoms with E-state index in [4.69, 9.17) is 12.2 Å². The molecule has 2 bridgehead atoms. The zero-order chi connectivity index (χ0) is 13.4. The van der Waals surface area contributed by atoms with Gasteiger partial charge in [-0.15, -0.1) is 0 Å². The van der Waals surface area contributed by atoms with Gasteiger partial charge in [-0.3, -0.25) is 0 Å². The van der Waals surface area contributed by atoms with Crippen LogP contribution in [0.1, 0.15) is 24.0 Å². The molecule has 2 aliphatic carbocycles. The maximum atomic E-state index is 5.43. The van der Waals surface area contributed by atoms with Crippen LogP contribution in [0, 0.1) is 25.7 Å². The molecule has 2 nitrogen and oxygen atoms in total. The third kappa shape index (κ3) is 2.66. The van der Waals surface area contributed by atoms with Gasteiger partial charge in [0.1, 0.15) is 0 Å². The molecule has 0 heterocycles. The first-order chi connectivity index (χ1) is 9.11. The van der Waals surface area contributed by atoms with E-state index in [1.165, 1.54) is 24.0 Å². The summed E-state index contributed by atoms with van der Waals surface area (Å²) < 4.78 is 0. The van der Waals surface area contributed by atoms with Crippen LogP contribution in [0.15, 0.2) is 30.4 Å². The molecule has 2 N–H and O–H groups in total. The molecule has 0 aromatic heterocycles. The van der Waals surface area contributed by atoms with Crippen molar-refractivity contribution in [3.63, 3.8) is 0 Å². The summed E-state index contributed by atoms with van der Waals surface area (Å²) in [4.78, 5) is 0. The highest BCUT2D eigenvalue weighted by atomic mass is 32.1. The van der Waals surface area contributed by atoms with Crippen LogP contribution in [0.5, 0.6) is 0 Å². The van der Waals surface area contributed by atoms with E-state index in [1.54, 1.807) is 0 Å². The molecule has 1 aromatic carbocycles. The first kappa shape index (κ1) is 12.7. The standard InChI is InChI=1S/C16H20N2S/c1-10-3-6-14(11(2)7-10)17-16(19)18-15-9-12-4-5-13(15)8-12/h3-7,12-13,15H,8-9H2,1-2H3,(H2,17,18,19)/t12-,13-,15-/m1/s1. The molecule has 3 rings (SSSR count).